The van der Waals surface area contributed by atoms with Crippen LogP contribution in [0.15, 0.2) is 21.5 Å². The molecule has 0 unspecified atom stereocenters. The zero-order chi connectivity index (χ0) is 14.0. The fourth-order valence-corrected chi connectivity index (χ4v) is 3.53. The van der Waals surface area contributed by atoms with Crippen molar-refractivity contribution in [1.29, 1.82) is 0 Å². The maximum Gasteiger partial charge on any atom is 0.286 e. The van der Waals surface area contributed by atoms with Crippen molar-refractivity contribution in [3.63, 3.8) is 0 Å². The number of nitrogens with zero attached hydrogens (tertiary/aromatic N) is 2. The van der Waals surface area contributed by atoms with Gasteiger partial charge in [-0.15, -0.1) is 0 Å². The standard InChI is InChI=1S/C12H15BrN2O3S/c13-10-5-9(15(17)18)6-14(11(10)16)7-12(8-19)3-1-2-4-12/h5-6,19H,1-4,7-8H2. The fraction of sp³-hybridized carbons (Fsp3) is 0.583. The average Bonchev–Trinajstić information content (AvgIpc) is 2.83. The van der Waals surface area contributed by atoms with Gasteiger partial charge in [0.2, 0.25) is 0 Å². The van der Waals surface area contributed by atoms with E-state index in [1.54, 1.807) is 0 Å². The summed E-state index contributed by atoms with van der Waals surface area (Å²) in [4.78, 5) is 22.4. The average molecular weight is 347 g/mol. The lowest BCUT2D eigenvalue weighted by Crippen LogP contribution is -2.32. The van der Waals surface area contributed by atoms with Crippen LogP contribution in [0, 0.1) is 15.5 Å². The predicted octanol–water partition coefficient (Wildman–Crippen LogP) is 3.01. The van der Waals surface area contributed by atoms with E-state index in [4.69, 9.17) is 0 Å². The highest BCUT2D eigenvalue weighted by Crippen LogP contribution is 2.40. The molecular formula is C12H15BrN2O3S. The Morgan fingerprint density at radius 2 is 2.11 bits per heavy atom. The third-order valence-electron chi connectivity index (χ3n) is 3.74. The highest BCUT2D eigenvalue weighted by molar-refractivity contribution is 9.10. The van der Waals surface area contributed by atoms with E-state index >= 15 is 0 Å². The van der Waals surface area contributed by atoms with Crippen LogP contribution in [0.1, 0.15) is 25.7 Å². The Hall–Kier alpha value is -0.820. The van der Waals surface area contributed by atoms with E-state index in [2.05, 4.69) is 28.6 Å². The van der Waals surface area contributed by atoms with E-state index in [0.29, 0.717) is 12.3 Å². The number of thiol groups is 1. The summed E-state index contributed by atoms with van der Waals surface area (Å²) >= 11 is 7.49. The van der Waals surface area contributed by atoms with Crippen LogP contribution in [0.2, 0.25) is 0 Å². The van der Waals surface area contributed by atoms with Gasteiger partial charge in [-0.1, -0.05) is 12.8 Å². The van der Waals surface area contributed by atoms with Gasteiger partial charge in [0.1, 0.15) is 0 Å². The molecule has 5 nitrogen and oxygen atoms in total. The minimum atomic E-state index is -0.483. The predicted molar refractivity (Wildman–Crippen MR) is 79.8 cm³/mol. The third-order valence-corrected chi connectivity index (χ3v) is 4.98. The van der Waals surface area contributed by atoms with Crippen LogP contribution in [-0.2, 0) is 6.54 Å². The van der Waals surface area contributed by atoms with Crippen LogP contribution >= 0.6 is 28.6 Å². The Morgan fingerprint density at radius 3 is 2.63 bits per heavy atom. The lowest BCUT2D eigenvalue weighted by molar-refractivity contribution is -0.385. The number of rotatable bonds is 4. The minimum Gasteiger partial charge on any atom is -0.307 e. The highest BCUT2D eigenvalue weighted by atomic mass is 79.9. The molecule has 7 heteroatoms. The fourth-order valence-electron chi connectivity index (χ4n) is 2.65. The maximum absolute atomic E-state index is 12.1. The molecule has 1 aliphatic rings. The molecule has 1 aliphatic carbocycles. The molecule has 1 fully saturated rings. The Morgan fingerprint density at radius 1 is 1.47 bits per heavy atom. The Balaban J connectivity index is 2.39. The summed E-state index contributed by atoms with van der Waals surface area (Å²) in [5.41, 5.74) is -0.306. The van der Waals surface area contributed by atoms with Crippen LogP contribution in [0.25, 0.3) is 0 Å². The zero-order valence-electron chi connectivity index (χ0n) is 10.3. The third kappa shape index (κ3) is 3.02. The molecule has 1 aromatic heterocycles. The molecule has 104 valence electrons. The van der Waals surface area contributed by atoms with Crippen molar-refractivity contribution in [3.8, 4) is 0 Å². The molecule has 0 amide bonds. The molecule has 0 radical (unpaired) electrons. The lowest BCUT2D eigenvalue weighted by atomic mass is 9.88. The van der Waals surface area contributed by atoms with Crippen molar-refractivity contribution in [1.82, 2.24) is 4.57 Å². The van der Waals surface area contributed by atoms with Crippen LogP contribution in [-0.4, -0.2) is 15.2 Å². The monoisotopic (exact) mass is 346 g/mol. The molecule has 19 heavy (non-hydrogen) atoms. The second-order valence-electron chi connectivity index (χ2n) is 5.10. The first-order chi connectivity index (χ1) is 8.97. The molecule has 0 bridgehead atoms. The zero-order valence-corrected chi connectivity index (χ0v) is 12.8. The van der Waals surface area contributed by atoms with E-state index < -0.39 is 4.92 Å². The van der Waals surface area contributed by atoms with Gasteiger partial charge in [0.05, 0.1) is 15.6 Å². The van der Waals surface area contributed by atoms with E-state index in [-0.39, 0.29) is 21.1 Å². The summed E-state index contributed by atoms with van der Waals surface area (Å²) in [5.74, 6) is 0.694. The first kappa shape index (κ1) is 14.6. The molecule has 0 aromatic carbocycles. The van der Waals surface area contributed by atoms with Gasteiger partial charge in [0, 0.05) is 12.6 Å². The molecule has 1 heterocycles. The maximum atomic E-state index is 12.1. The number of pyridine rings is 1. The summed E-state index contributed by atoms with van der Waals surface area (Å²) in [7, 11) is 0. The number of halogens is 1. The lowest BCUT2D eigenvalue weighted by Gasteiger charge is -2.27. The van der Waals surface area contributed by atoms with Crippen LogP contribution in [0.3, 0.4) is 0 Å². The van der Waals surface area contributed by atoms with E-state index in [1.165, 1.54) is 16.8 Å². The number of nitro groups is 1. The Labute approximate surface area is 124 Å². The Kier molecular flexibility index (Phi) is 4.35. The quantitative estimate of drug-likeness (QED) is 0.517. The van der Waals surface area contributed by atoms with E-state index in [1.807, 2.05) is 0 Å². The molecule has 0 saturated heterocycles. The highest BCUT2D eigenvalue weighted by Gasteiger charge is 2.33. The second-order valence-corrected chi connectivity index (χ2v) is 6.27. The molecule has 0 N–H and O–H groups in total. The van der Waals surface area contributed by atoms with Gasteiger partial charge in [-0.05, 0) is 39.9 Å². The van der Waals surface area contributed by atoms with Crippen molar-refractivity contribution >= 4 is 34.2 Å². The minimum absolute atomic E-state index is 0.0123. The molecule has 0 atom stereocenters. The van der Waals surface area contributed by atoms with Gasteiger partial charge in [-0.2, -0.15) is 12.6 Å². The summed E-state index contributed by atoms with van der Waals surface area (Å²) in [6.45, 7) is 0.496. The number of hydrogen-bond acceptors (Lipinski definition) is 4. The van der Waals surface area contributed by atoms with Crippen LogP contribution < -0.4 is 5.56 Å². The number of hydrogen-bond donors (Lipinski definition) is 1. The van der Waals surface area contributed by atoms with Gasteiger partial charge < -0.3 is 4.57 Å². The summed E-state index contributed by atoms with van der Waals surface area (Å²) in [6.07, 6.45) is 5.62. The summed E-state index contributed by atoms with van der Waals surface area (Å²) in [5, 5.41) is 10.9. The summed E-state index contributed by atoms with van der Waals surface area (Å²) in [6, 6.07) is 1.25. The van der Waals surface area contributed by atoms with Crippen LogP contribution in [0.4, 0.5) is 5.69 Å². The molecule has 1 aromatic rings. The number of aromatic nitrogens is 1. The van der Waals surface area contributed by atoms with Gasteiger partial charge >= 0.3 is 0 Å². The molecule has 1 saturated carbocycles. The smallest absolute Gasteiger partial charge is 0.286 e. The summed E-state index contributed by atoms with van der Waals surface area (Å²) < 4.78 is 1.68. The Bertz CT molecular complexity index is 552. The van der Waals surface area contributed by atoms with Gasteiger partial charge in [-0.25, -0.2) is 0 Å². The first-order valence-electron chi connectivity index (χ1n) is 6.13. The second kappa shape index (κ2) is 5.66. The first-order valence-corrected chi connectivity index (χ1v) is 7.55. The normalized spacial score (nSPS) is 17.6. The molecule has 0 aliphatic heterocycles. The van der Waals surface area contributed by atoms with Crippen molar-refractivity contribution in [2.45, 2.75) is 32.2 Å². The molecule has 0 spiro atoms. The van der Waals surface area contributed by atoms with Crippen molar-refractivity contribution in [2.24, 2.45) is 5.41 Å². The van der Waals surface area contributed by atoms with E-state index in [0.717, 1.165) is 25.7 Å². The van der Waals surface area contributed by atoms with Crippen LogP contribution in [0.5, 0.6) is 0 Å². The topological polar surface area (TPSA) is 65.1 Å². The van der Waals surface area contributed by atoms with E-state index in [9.17, 15) is 14.9 Å². The van der Waals surface area contributed by atoms with Crippen molar-refractivity contribution < 1.29 is 4.92 Å². The van der Waals surface area contributed by atoms with Gasteiger partial charge in [0.25, 0.3) is 11.2 Å². The van der Waals surface area contributed by atoms with Gasteiger partial charge in [0.15, 0.2) is 0 Å². The largest absolute Gasteiger partial charge is 0.307 e. The van der Waals surface area contributed by atoms with Crippen molar-refractivity contribution in [3.05, 3.63) is 37.2 Å². The van der Waals surface area contributed by atoms with Gasteiger partial charge in [-0.3, -0.25) is 14.9 Å². The molecular weight excluding hydrogens is 332 g/mol. The van der Waals surface area contributed by atoms with Crippen molar-refractivity contribution in [2.75, 3.05) is 5.75 Å². The SMILES string of the molecule is O=c1c(Br)cc([N+](=O)[O-])cn1CC1(CS)CCCC1. The molecule has 2 rings (SSSR count).